The first-order valence-electron chi connectivity index (χ1n) is 6.04. The lowest BCUT2D eigenvalue weighted by Gasteiger charge is -2.25. The SMILES string of the molecule is O=c1[nH]c(=O)c2c(cnn2CCOC2CCC2)[nH]1. The first kappa shape index (κ1) is 11.2. The van der Waals surface area contributed by atoms with Gasteiger partial charge in [0.05, 0.1) is 31.0 Å². The standard InChI is InChI=1S/C11H14N4O3/c16-10-9-8(13-11(17)14-10)6-12-15(9)4-5-18-7-2-1-3-7/h6-7H,1-5H2,(H2,13,14,16,17). The van der Waals surface area contributed by atoms with Crippen molar-refractivity contribution in [3.05, 3.63) is 27.0 Å². The monoisotopic (exact) mass is 250 g/mol. The molecule has 0 amide bonds. The van der Waals surface area contributed by atoms with Crippen LogP contribution in [0.4, 0.5) is 0 Å². The topological polar surface area (TPSA) is 92.8 Å². The zero-order chi connectivity index (χ0) is 12.5. The van der Waals surface area contributed by atoms with Gasteiger partial charge in [0, 0.05) is 0 Å². The lowest BCUT2D eigenvalue weighted by molar-refractivity contribution is -0.00198. The van der Waals surface area contributed by atoms with Gasteiger partial charge >= 0.3 is 5.69 Å². The molecular weight excluding hydrogens is 236 g/mol. The van der Waals surface area contributed by atoms with Gasteiger partial charge in [-0.05, 0) is 19.3 Å². The average molecular weight is 250 g/mol. The molecule has 0 spiro atoms. The third-order valence-electron chi connectivity index (χ3n) is 3.24. The Morgan fingerprint density at radius 3 is 2.94 bits per heavy atom. The van der Waals surface area contributed by atoms with Crippen LogP contribution in [0.25, 0.3) is 11.0 Å². The minimum Gasteiger partial charge on any atom is -0.376 e. The molecule has 7 nitrogen and oxygen atoms in total. The first-order chi connectivity index (χ1) is 8.74. The minimum absolute atomic E-state index is 0.366. The van der Waals surface area contributed by atoms with Crippen LogP contribution in [0.1, 0.15) is 19.3 Å². The maximum atomic E-state index is 11.7. The number of aromatic amines is 2. The number of hydrogen-bond donors (Lipinski definition) is 2. The van der Waals surface area contributed by atoms with Crippen molar-refractivity contribution in [3.63, 3.8) is 0 Å². The Bertz CT molecular complexity index is 665. The Morgan fingerprint density at radius 1 is 1.39 bits per heavy atom. The van der Waals surface area contributed by atoms with Crippen molar-refractivity contribution < 1.29 is 4.74 Å². The van der Waals surface area contributed by atoms with Gasteiger partial charge in [-0.15, -0.1) is 0 Å². The highest BCUT2D eigenvalue weighted by molar-refractivity contribution is 5.72. The second kappa shape index (κ2) is 4.41. The van der Waals surface area contributed by atoms with Gasteiger partial charge < -0.3 is 9.72 Å². The van der Waals surface area contributed by atoms with Crippen LogP contribution in [0.2, 0.25) is 0 Å². The predicted octanol–water partition coefficient (Wildman–Crippen LogP) is -0.0180. The summed E-state index contributed by atoms with van der Waals surface area (Å²) in [5, 5.41) is 4.08. The fourth-order valence-electron chi connectivity index (χ4n) is 2.05. The van der Waals surface area contributed by atoms with Crippen molar-refractivity contribution in [2.75, 3.05) is 6.61 Å². The molecule has 0 aliphatic heterocycles. The molecule has 18 heavy (non-hydrogen) atoms. The van der Waals surface area contributed by atoms with E-state index in [9.17, 15) is 9.59 Å². The molecule has 0 radical (unpaired) electrons. The summed E-state index contributed by atoms with van der Waals surface area (Å²) in [4.78, 5) is 27.5. The van der Waals surface area contributed by atoms with E-state index in [4.69, 9.17) is 4.74 Å². The maximum absolute atomic E-state index is 11.7. The van der Waals surface area contributed by atoms with E-state index in [1.165, 1.54) is 12.6 Å². The summed E-state index contributed by atoms with van der Waals surface area (Å²) in [6.45, 7) is 1.04. The van der Waals surface area contributed by atoms with E-state index in [2.05, 4.69) is 15.1 Å². The van der Waals surface area contributed by atoms with Gasteiger partial charge in [-0.1, -0.05) is 0 Å². The van der Waals surface area contributed by atoms with Gasteiger partial charge in [-0.3, -0.25) is 14.5 Å². The second-order valence-electron chi connectivity index (χ2n) is 4.46. The molecule has 1 saturated carbocycles. The molecule has 0 unspecified atom stereocenters. The van der Waals surface area contributed by atoms with Gasteiger partial charge in [-0.2, -0.15) is 5.10 Å². The van der Waals surface area contributed by atoms with Crippen molar-refractivity contribution in [2.24, 2.45) is 0 Å². The number of nitrogens with zero attached hydrogens (tertiary/aromatic N) is 2. The molecular formula is C11H14N4O3. The molecule has 0 atom stereocenters. The summed E-state index contributed by atoms with van der Waals surface area (Å²) >= 11 is 0. The number of H-pyrrole nitrogens is 2. The third kappa shape index (κ3) is 1.97. The first-order valence-corrected chi connectivity index (χ1v) is 6.04. The number of hydrogen-bond acceptors (Lipinski definition) is 4. The van der Waals surface area contributed by atoms with E-state index in [-0.39, 0.29) is 0 Å². The molecule has 0 bridgehead atoms. The molecule has 0 saturated heterocycles. The highest BCUT2D eigenvalue weighted by Crippen LogP contribution is 2.21. The van der Waals surface area contributed by atoms with Crippen LogP contribution in [0.5, 0.6) is 0 Å². The molecule has 0 aromatic carbocycles. The van der Waals surface area contributed by atoms with Gasteiger partial charge in [-0.25, -0.2) is 4.79 Å². The summed E-state index contributed by atoms with van der Waals surface area (Å²) in [7, 11) is 0. The summed E-state index contributed by atoms with van der Waals surface area (Å²) in [5.41, 5.74) is -0.105. The van der Waals surface area contributed by atoms with Gasteiger partial charge in [0.25, 0.3) is 5.56 Å². The minimum atomic E-state index is -0.516. The second-order valence-corrected chi connectivity index (χ2v) is 4.46. The number of rotatable bonds is 4. The molecule has 1 fully saturated rings. The smallest absolute Gasteiger partial charge is 0.326 e. The van der Waals surface area contributed by atoms with Crippen molar-refractivity contribution in [3.8, 4) is 0 Å². The Hall–Kier alpha value is -1.89. The lowest BCUT2D eigenvalue weighted by atomic mass is 9.96. The lowest BCUT2D eigenvalue weighted by Crippen LogP contribution is -2.26. The largest absolute Gasteiger partial charge is 0.376 e. The van der Waals surface area contributed by atoms with Crippen molar-refractivity contribution >= 4 is 11.0 Å². The van der Waals surface area contributed by atoms with Crippen LogP contribution >= 0.6 is 0 Å². The Kier molecular flexibility index (Phi) is 2.75. The van der Waals surface area contributed by atoms with E-state index >= 15 is 0 Å². The van der Waals surface area contributed by atoms with Crippen molar-refractivity contribution in [2.45, 2.75) is 31.9 Å². The third-order valence-corrected chi connectivity index (χ3v) is 3.24. The number of nitrogens with one attached hydrogen (secondary N) is 2. The molecule has 2 aromatic rings. The average Bonchev–Trinajstić information content (AvgIpc) is 2.65. The van der Waals surface area contributed by atoms with Gasteiger partial charge in [0.1, 0.15) is 5.52 Å². The molecule has 2 aromatic heterocycles. The quantitative estimate of drug-likeness (QED) is 0.797. The van der Waals surface area contributed by atoms with E-state index < -0.39 is 11.2 Å². The van der Waals surface area contributed by atoms with Crippen LogP contribution < -0.4 is 11.2 Å². The van der Waals surface area contributed by atoms with Crippen LogP contribution in [-0.4, -0.2) is 32.5 Å². The van der Waals surface area contributed by atoms with E-state index in [0.717, 1.165) is 12.8 Å². The Balaban J connectivity index is 1.79. The number of aromatic nitrogens is 4. The van der Waals surface area contributed by atoms with E-state index in [1.54, 1.807) is 4.68 Å². The molecule has 2 N–H and O–H groups in total. The van der Waals surface area contributed by atoms with E-state index in [1.807, 2.05) is 0 Å². The highest BCUT2D eigenvalue weighted by atomic mass is 16.5. The van der Waals surface area contributed by atoms with E-state index in [0.29, 0.717) is 30.3 Å². The Labute approximate surface area is 102 Å². The number of fused-ring (bicyclic) bond motifs is 1. The predicted molar refractivity (Wildman–Crippen MR) is 64.6 cm³/mol. The van der Waals surface area contributed by atoms with Gasteiger partial charge in [0.2, 0.25) is 0 Å². The van der Waals surface area contributed by atoms with Crippen LogP contribution in [-0.2, 0) is 11.3 Å². The zero-order valence-corrected chi connectivity index (χ0v) is 9.81. The van der Waals surface area contributed by atoms with Crippen LogP contribution in [0.3, 0.4) is 0 Å². The summed E-state index contributed by atoms with van der Waals surface area (Å²) in [6.07, 6.45) is 5.32. The van der Waals surface area contributed by atoms with Crippen molar-refractivity contribution in [1.82, 2.24) is 19.7 Å². The molecule has 1 aliphatic rings. The highest BCUT2D eigenvalue weighted by Gasteiger charge is 2.17. The summed E-state index contributed by atoms with van der Waals surface area (Å²) < 4.78 is 7.18. The molecule has 1 aliphatic carbocycles. The fourth-order valence-corrected chi connectivity index (χ4v) is 2.05. The Morgan fingerprint density at radius 2 is 2.22 bits per heavy atom. The summed E-state index contributed by atoms with van der Waals surface area (Å²) in [6, 6.07) is 0. The van der Waals surface area contributed by atoms with Crippen LogP contribution in [0.15, 0.2) is 15.8 Å². The van der Waals surface area contributed by atoms with Gasteiger partial charge in [0.15, 0.2) is 0 Å². The molecule has 2 heterocycles. The fraction of sp³-hybridized carbons (Fsp3) is 0.545. The molecule has 3 rings (SSSR count). The normalized spacial score (nSPS) is 16.0. The molecule has 7 heteroatoms. The maximum Gasteiger partial charge on any atom is 0.326 e. The summed E-state index contributed by atoms with van der Waals surface area (Å²) in [5.74, 6) is 0. The van der Waals surface area contributed by atoms with Crippen molar-refractivity contribution in [1.29, 1.82) is 0 Å². The zero-order valence-electron chi connectivity index (χ0n) is 9.81. The van der Waals surface area contributed by atoms with Crippen LogP contribution in [0, 0.1) is 0 Å². The number of ether oxygens (including phenoxy) is 1. The molecule has 96 valence electrons.